The van der Waals surface area contributed by atoms with Crippen molar-refractivity contribution in [1.29, 1.82) is 0 Å². The minimum Gasteiger partial charge on any atom is -0.508 e. The van der Waals surface area contributed by atoms with Crippen LogP contribution in [-0.2, 0) is 52.4 Å². The van der Waals surface area contributed by atoms with E-state index in [2.05, 4.69) is 15.4 Å². The molecule has 14 heteroatoms. The number of amides is 4. The third-order valence-corrected chi connectivity index (χ3v) is 8.87. The highest BCUT2D eigenvalue weighted by atomic mass is 32.2. The summed E-state index contributed by atoms with van der Waals surface area (Å²) in [6.07, 6.45) is 4.90. The van der Waals surface area contributed by atoms with Crippen LogP contribution in [0.5, 0.6) is 5.75 Å². The summed E-state index contributed by atoms with van der Waals surface area (Å²) in [6, 6.07) is 8.68. The lowest BCUT2D eigenvalue weighted by molar-refractivity contribution is -0.149. The zero-order chi connectivity index (χ0) is 36.5. The number of benzene rings is 2. The molecular formula is C35H51N5O8S. The Hall–Kier alpha value is -4.14. The van der Waals surface area contributed by atoms with Crippen molar-refractivity contribution in [2.45, 2.75) is 83.3 Å². The molecule has 4 amide bonds. The second-order valence-electron chi connectivity index (χ2n) is 12.1. The Bertz CT molecular complexity index is 1430. The molecule has 270 valence electrons. The van der Waals surface area contributed by atoms with E-state index in [0.29, 0.717) is 47.4 Å². The largest absolute Gasteiger partial charge is 0.508 e. The van der Waals surface area contributed by atoms with Gasteiger partial charge in [0.15, 0.2) is 0 Å². The fourth-order valence-electron chi connectivity index (χ4n) is 5.31. The van der Waals surface area contributed by atoms with Gasteiger partial charge in [0.2, 0.25) is 23.6 Å². The summed E-state index contributed by atoms with van der Waals surface area (Å²) >= 11 is 0. The summed E-state index contributed by atoms with van der Waals surface area (Å²) in [4.78, 5) is 66.0. The standard InChI is InChI=1S/C35H51N5O8S/c1-23-18-26(41)19-24(2)27(23)21-29(37)35(46)40(34(45)28(36)15-17-49(4)47)22-31(42)39-30(20-25-12-8-7-9-13-25)33(44)38-16-11-6-5-10-14-32(43)48-3/h7-9,12-13,18-19,28-30,41H,5-6,10-11,14-17,20-22,36-37H2,1-4H3,(H,38,44)(H,39,42)/t28-,29+,30+,49?/m1/s1. The van der Waals surface area contributed by atoms with Crippen LogP contribution in [0, 0.1) is 13.8 Å². The highest BCUT2D eigenvalue weighted by molar-refractivity contribution is 7.84. The Labute approximate surface area is 291 Å². The van der Waals surface area contributed by atoms with Gasteiger partial charge in [-0.25, -0.2) is 0 Å². The molecule has 7 N–H and O–H groups in total. The van der Waals surface area contributed by atoms with E-state index in [4.69, 9.17) is 11.5 Å². The van der Waals surface area contributed by atoms with Crippen LogP contribution in [-0.4, -0.2) is 94.1 Å². The lowest BCUT2D eigenvalue weighted by atomic mass is 9.95. The normalized spacial score (nSPS) is 13.4. The molecule has 2 rings (SSSR count). The number of hydrogen-bond acceptors (Lipinski definition) is 10. The minimum absolute atomic E-state index is 0.0144. The number of methoxy groups -OCH3 is 1. The summed E-state index contributed by atoms with van der Waals surface area (Å²) in [5.74, 6) is -2.98. The molecule has 0 saturated carbocycles. The summed E-state index contributed by atoms with van der Waals surface area (Å²) in [5, 5.41) is 15.4. The number of aromatic hydroxyl groups is 1. The van der Waals surface area contributed by atoms with Gasteiger partial charge in [0.1, 0.15) is 18.3 Å². The van der Waals surface area contributed by atoms with Crippen molar-refractivity contribution in [3.8, 4) is 5.75 Å². The first-order valence-corrected chi connectivity index (χ1v) is 18.1. The Morgan fingerprint density at radius 3 is 2.14 bits per heavy atom. The molecule has 0 aliphatic heterocycles. The van der Waals surface area contributed by atoms with Gasteiger partial charge in [-0.2, -0.15) is 0 Å². The molecule has 0 heterocycles. The summed E-state index contributed by atoms with van der Waals surface area (Å²) in [6.45, 7) is 3.14. The van der Waals surface area contributed by atoms with Gasteiger partial charge < -0.3 is 31.9 Å². The van der Waals surface area contributed by atoms with E-state index >= 15 is 0 Å². The molecule has 0 aromatic heterocycles. The maximum absolute atomic E-state index is 13.7. The molecule has 2 aromatic rings. The van der Waals surface area contributed by atoms with Crippen molar-refractivity contribution < 1.29 is 38.0 Å². The molecule has 0 fully saturated rings. The molecule has 4 atom stereocenters. The number of rotatable bonds is 20. The van der Waals surface area contributed by atoms with E-state index in [9.17, 15) is 33.3 Å². The maximum Gasteiger partial charge on any atom is 0.305 e. The molecule has 0 bridgehead atoms. The zero-order valence-corrected chi connectivity index (χ0v) is 29.7. The van der Waals surface area contributed by atoms with Gasteiger partial charge in [-0.1, -0.05) is 43.2 Å². The van der Waals surface area contributed by atoms with Crippen LogP contribution in [0.4, 0.5) is 0 Å². The van der Waals surface area contributed by atoms with E-state index < -0.39 is 59.1 Å². The Morgan fingerprint density at radius 1 is 0.918 bits per heavy atom. The molecule has 49 heavy (non-hydrogen) atoms. The van der Waals surface area contributed by atoms with E-state index in [-0.39, 0.29) is 36.7 Å². The van der Waals surface area contributed by atoms with Crippen molar-refractivity contribution in [1.82, 2.24) is 15.5 Å². The molecule has 0 radical (unpaired) electrons. The molecule has 2 aromatic carbocycles. The zero-order valence-electron chi connectivity index (χ0n) is 28.9. The lowest BCUT2D eigenvalue weighted by Gasteiger charge is -2.27. The van der Waals surface area contributed by atoms with Gasteiger partial charge in [-0.3, -0.25) is 33.1 Å². The molecule has 0 aliphatic rings. The minimum atomic E-state index is -1.24. The van der Waals surface area contributed by atoms with Gasteiger partial charge in [-0.05, 0) is 73.9 Å². The second-order valence-corrected chi connectivity index (χ2v) is 13.7. The Kier molecular flexibility index (Phi) is 17.6. The van der Waals surface area contributed by atoms with E-state index in [1.807, 2.05) is 30.3 Å². The number of phenolic OH excluding ortho intramolecular Hbond substituents is 1. The fourth-order valence-corrected chi connectivity index (χ4v) is 5.89. The molecular weight excluding hydrogens is 650 g/mol. The topological polar surface area (TPSA) is 211 Å². The first-order valence-electron chi connectivity index (χ1n) is 16.4. The lowest BCUT2D eigenvalue weighted by Crippen LogP contribution is -2.57. The van der Waals surface area contributed by atoms with Crippen molar-refractivity contribution >= 4 is 40.4 Å². The average molecular weight is 702 g/mol. The summed E-state index contributed by atoms with van der Waals surface area (Å²) in [5.41, 5.74) is 15.3. The quantitative estimate of drug-likeness (QED) is 0.0987. The van der Waals surface area contributed by atoms with Crippen molar-refractivity contribution in [2.75, 3.05) is 32.2 Å². The molecule has 13 nitrogen and oxygen atoms in total. The molecule has 0 spiro atoms. The summed E-state index contributed by atoms with van der Waals surface area (Å²) < 4.78 is 16.3. The van der Waals surface area contributed by atoms with Crippen LogP contribution in [0.3, 0.4) is 0 Å². The van der Waals surface area contributed by atoms with Gasteiger partial charge >= 0.3 is 5.97 Å². The number of carbonyl (C=O) groups excluding carboxylic acids is 5. The Morgan fingerprint density at radius 2 is 1.53 bits per heavy atom. The van der Waals surface area contributed by atoms with Gasteiger partial charge in [-0.15, -0.1) is 0 Å². The number of nitrogens with one attached hydrogen (secondary N) is 2. The predicted molar refractivity (Wildman–Crippen MR) is 188 cm³/mol. The number of ether oxygens (including phenoxy) is 1. The van der Waals surface area contributed by atoms with Crippen LogP contribution >= 0.6 is 0 Å². The first kappa shape index (κ1) is 41.0. The number of phenols is 1. The molecule has 1 unspecified atom stereocenters. The van der Waals surface area contributed by atoms with Crippen molar-refractivity contribution in [2.24, 2.45) is 11.5 Å². The van der Waals surface area contributed by atoms with Gasteiger partial charge in [0.05, 0.1) is 19.2 Å². The number of hydrogen-bond donors (Lipinski definition) is 5. The highest BCUT2D eigenvalue weighted by Gasteiger charge is 2.33. The average Bonchev–Trinajstić information content (AvgIpc) is 3.06. The second kappa shape index (κ2) is 21.1. The number of carbonyl (C=O) groups is 5. The predicted octanol–water partition coefficient (Wildman–Crippen LogP) is 1.30. The summed E-state index contributed by atoms with van der Waals surface area (Å²) in [7, 11) is 0.102. The number of aryl methyl sites for hydroxylation is 2. The number of esters is 1. The van der Waals surface area contributed by atoms with E-state index in [0.717, 1.165) is 18.4 Å². The fraction of sp³-hybridized carbons (Fsp3) is 0.514. The van der Waals surface area contributed by atoms with Crippen LogP contribution in [0.2, 0.25) is 0 Å². The third kappa shape index (κ3) is 14.5. The highest BCUT2D eigenvalue weighted by Crippen LogP contribution is 2.22. The van der Waals surface area contributed by atoms with Crippen LogP contribution in [0.25, 0.3) is 0 Å². The van der Waals surface area contributed by atoms with Crippen LogP contribution in [0.1, 0.15) is 60.8 Å². The molecule has 0 saturated heterocycles. The van der Waals surface area contributed by atoms with Gasteiger partial charge in [0, 0.05) is 42.2 Å². The maximum atomic E-state index is 13.7. The SMILES string of the molecule is COC(=O)CCCCCCNC(=O)[C@H](Cc1ccccc1)NC(=O)CN(C(=O)[C@H](N)CCS(C)=O)C(=O)[C@@H](N)Cc1c(C)cc(O)cc1C. The van der Waals surface area contributed by atoms with E-state index in [1.54, 1.807) is 26.0 Å². The van der Waals surface area contributed by atoms with Crippen molar-refractivity contribution in [3.63, 3.8) is 0 Å². The number of unbranched alkanes of at least 4 members (excludes halogenated alkanes) is 3. The number of nitrogens with two attached hydrogens (primary N) is 2. The van der Waals surface area contributed by atoms with Crippen LogP contribution < -0.4 is 22.1 Å². The molecule has 0 aliphatic carbocycles. The van der Waals surface area contributed by atoms with Crippen molar-refractivity contribution in [3.05, 3.63) is 64.7 Å². The third-order valence-electron chi connectivity index (χ3n) is 8.06. The Balaban J connectivity index is 2.20. The van der Waals surface area contributed by atoms with E-state index in [1.165, 1.54) is 13.4 Å². The monoisotopic (exact) mass is 701 g/mol. The number of nitrogens with zero attached hydrogens (tertiary/aromatic N) is 1. The van der Waals surface area contributed by atoms with Crippen LogP contribution in [0.15, 0.2) is 42.5 Å². The van der Waals surface area contributed by atoms with Gasteiger partial charge in [0.25, 0.3) is 0 Å². The first-order chi connectivity index (χ1) is 23.2. The number of imide groups is 1. The smallest absolute Gasteiger partial charge is 0.305 e.